The van der Waals surface area contributed by atoms with E-state index in [0.717, 1.165) is 28.3 Å². The van der Waals surface area contributed by atoms with E-state index in [1.165, 1.54) is 28.5 Å². The predicted molar refractivity (Wildman–Crippen MR) is 82.2 cm³/mol. The van der Waals surface area contributed by atoms with Crippen LogP contribution in [0.3, 0.4) is 0 Å². The fraction of sp³-hybridized carbons (Fsp3) is 0.667. The number of nitrogens with zero attached hydrogens (tertiary/aromatic N) is 2. The van der Waals surface area contributed by atoms with Crippen LogP contribution in [0.25, 0.3) is 0 Å². The van der Waals surface area contributed by atoms with Crippen molar-refractivity contribution in [3.05, 3.63) is 14.7 Å². The number of halogens is 1. The largest absolute Gasteiger partial charge is 0.302 e. The van der Waals surface area contributed by atoms with Crippen molar-refractivity contribution in [1.29, 1.82) is 0 Å². The molecule has 0 bridgehead atoms. The van der Waals surface area contributed by atoms with E-state index >= 15 is 0 Å². The van der Waals surface area contributed by atoms with E-state index in [2.05, 4.69) is 20.8 Å². The van der Waals surface area contributed by atoms with Crippen molar-refractivity contribution >= 4 is 37.3 Å². The molecular formula is C12H19BrN2O2S2. The Hall–Kier alpha value is 0.0500. The maximum Gasteiger partial charge on any atom is 0.243 e. The third kappa shape index (κ3) is 3.58. The Balaban J connectivity index is 2.04. The van der Waals surface area contributed by atoms with Crippen LogP contribution in [0.2, 0.25) is 0 Å². The SMILES string of the molecule is Cc1sc(Br)cc1S(=O)(=O)N(C)CCN1CCCC1. The van der Waals surface area contributed by atoms with Gasteiger partial charge < -0.3 is 4.90 Å². The highest BCUT2D eigenvalue weighted by atomic mass is 79.9. The van der Waals surface area contributed by atoms with Crippen molar-refractivity contribution in [1.82, 2.24) is 9.21 Å². The van der Waals surface area contributed by atoms with Gasteiger partial charge in [-0.25, -0.2) is 8.42 Å². The fourth-order valence-corrected chi connectivity index (χ4v) is 5.80. The highest BCUT2D eigenvalue weighted by Gasteiger charge is 2.25. The lowest BCUT2D eigenvalue weighted by Gasteiger charge is -2.21. The number of rotatable bonds is 5. The van der Waals surface area contributed by atoms with Crippen molar-refractivity contribution in [2.45, 2.75) is 24.7 Å². The molecule has 0 aromatic carbocycles. The first-order valence-electron chi connectivity index (χ1n) is 6.36. The van der Waals surface area contributed by atoms with Gasteiger partial charge in [0.05, 0.1) is 8.68 Å². The minimum atomic E-state index is -3.35. The summed E-state index contributed by atoms with van der Waals surface area (Å²) in [7, 11) is -1.69. The molecule has 4 nitrogen and oxygen atoms in total. The molecule has 1 aromatic heterocycles. The van der Waals surface area contributed by atoms with E-state index in [4.69, 9.17) is 0 Å². The Morgan fingerprint density at radius 3 is 2.58 bits per heavy atom. The summed E-state index contributed by atoms with van der Waals surface area (Å²) in [6.07, 6.45) is 2.46. The van der Waals surface area contributed by atoms with Gasteiger partial charge in [-0.3, -0.25) is 0 Å². The molecule has 1 aromatic rings. The van der Waals surface area contributed by atoms with Gasteiger partial charge in [0.2, 0.25) is 10.0 Å². The van der Waals surface area contributed by atoms with E-state index in [1.807, 2.05) is 6.92 Å². The minimum absolute atomic E-state index is 0.424. The summed E-state index contributed by atoms with van der Waals surface area (Å²) >= 11 is 4.80. The van der Waals surface area contributed by atoms with Gasteiger partial charge in [-0.1, -0.05) is 0 Å². The van der Waals surface area contributed by atoms with Crippen molar-refractivity contribution < 1.29 is 8.42 Å². The number of thiophene rings is 1. The van der Waals surface area contributed by atoms with E-state index in [1.54, 1.807) is 13.1 Å². The molecule has 1 saturated heterocycles. The van der Waals surface area contributed by atoms with E-state index in [-0.39, 0.29) is 0 Å². The summed E-state index contributed by atoms with van der Waals surface area (Å²) in [5.41, 5.74) is 0. The molecule has 0 N–H and O–H groups in total. The fourth-order valence-electron chi connectivity index (χ4n) is 2.26. The van der Waals surface area contributed by atoms with E-state index in [0.29, 0.717) is 11.4 Å². The quantitative estimate of drug-likeness (QED) is 0.803. The normalized spacial score (nSPS) is 17.5. The molecule has 19 heavy (non-hydrogen) atoms. The number of hydrogen-bond donors (Lipinski definition) is 0. The zero-order valence-corrected chi connectivity index (χ0v) is 14.4. The number of likely N-dealkylation sites (tertiary alicyclic amines) is 1. The molecule has 0 atom stereocenters. The Kier molecular flexibility index (Phi) is 5.05. The molecule has 0 amide bonds. The second-order valence-corrected chi connectivity index (χ2v) is 9.50. The summed E-state index contributed by atoms with van der Waals surface area (Å²) in [6, 6.07) is 1.70. The van der Waals surface area contributed by atoms with Crippen LogP contribution >= 0.6 is 27.3 Å². The lowest BCUT2D eigenvalue weighted by molar-refractivity contribution is 0.310. The Morgan fingerprint density at radius 1 is 1.42 bits per heavy atom. The van der Waals surface area contributed by atoms with Crippen molar-refractivity contribution in [2.24, 2.45) is 0 Å². The van der Waals surface area contributed by atoms with Gasteiger partial charge in [0, 0.05) is 25.0 Å². The van der Waals surface area contributed by atoms with Gasteiger partial charge in [0.1, 0.15) is 0 Å². The van der Waals surface area contributed by atoms with Gasteiger partial charge in [-0.15, -0.1) is 11.3 Å². The number of aryl methyl sites for hydroxylation is 1. The molecule has 7 heteroatoms. The minimum Gasteiger partial charge on any atom is -0.302 e. The first kappa shape index (κ1) is 15.4. The number of likely N-dealkylation sites (N-methyl/N-ethyl adjacent to an activating group) is 1. The van der Waals surface area contributed by atoms with E-state index in [9.17, 15) is 8.42 Å². The van der Waals surface area contributed by atoms with Crippen LogP contribution in [-0.2, 0) is 10.0 Å². The molecule has 2 rings (SSSR count). The summed E-state index contributed by atoms with van der Waals surface area (Å²) in [4.78, 5) is 3.58. The number of sulfonamides is 1. The third-order valence-electron chi connectivity index (χ3n) is 3.46. The van der Waals surface area contributed by atoms with Crippen molar-refractivity contribution in [2.75, 3.05) is 33.2 Å². The standard InChI is InChI=1S/C12H19BrN2O2S2/c1-10-11(9-12(13)18-10)19(16,17)14(2)7-8-15-5-3-4-6-15/h9H,3-8H2,1-2H3. The summed E-state index contributed by atoms with van der Waals surface area (Å²) in [6.45, 7) is 5.40. The van der Waals surface area contributed by atoms with Crippen LogP contribution in [-0.4, -0.2) is 50.8 Å². The molecule has 1 aliphatic rings. The molecular weight excluding hydrogens is 348 g/mol. The van der Waals surface area contributed by atoms with Crippen LogP contribution in [0.4, 0.5) is 0 Å². The molecule has 1 fully saturated rings. The first-order valence-corrected chi connectivity index (χ1v) is 9.41. The Labute approximate surface area is 127 Å². The first-order chi connectivity index (χ1) is 8.91. The average molecular weight is 367 g/mol. The number of hydrogen-bond acceptors (Lipinski definition) is 4. The smallest absolute Gasteiger partial charge is 0.243 e. The van der Waals surface area contributed by atoms with Gasteiger partial charge in [0.25, 0.3) is 0 Å². The topological polar surface area (TPSA) is 40.6 Å². The lowest BCUT2D eigenvalue weighted by atomic mass is 10.4. The molecule has 108 valence electrons. The van der Waals surface area contributed by atoms with Gasteiger partial charge in [-0.2, -0.15) is 4.31 Å². The van der Waals surface area contributed by atoms with Crippen molar-refractivity contribution in [3.8, 4) is 0 Å². The van der Waals surface area contributed by atoms with Gasteiger partial charge in [0.15, 0.2) is 0 Å². The van der Waals surface area contributed by atoms with E-state index < -0.39 is 10.0 Å². The monoisotopic (exact) mass is 366 g/mol. The molecule has 1 aliphatic heterocycles. The van der Waals surface area contributed by atoms with Crippen molar-refractivity contribution in [3.63, 3.8) is 0 Å². The maximum atomic E-state index is 12.5. The second kappa shape index (κ2) is 6.22. The molecule has 0 saturated carbocycles. The van der Waals surface area contributed by atoms with Crippen LogP contribution < -0.4 is 0 Å². The second-order valence-electron chi connectivity index (χ2n) is 4.85. The van der Waals surface area contributed by atoms with Crippen LogP contribution in [0.1, 0.15) is 17.7 Å². The third-order valence-corrected chi connectivity index (χ3v) is 7.13. The summed E-state index contributed by atoms with van der Waals surface area (Å²) in [5, 5.41) is 0. The molecule has 0 unspecified atom stereocenters. The molecule has 0 spiro atoms. The molecule has 0 radical (unpaired) electrons. The lowest BCUT2D eigenvalue weighted by Crippen LogP contribution is -2.35. The van der Waals surface area contributed by atoms with Crippen LogP contribution in [0.15, 0.2) is 14.7 Å². The van der Waals surface area contributed by atoms with Crippen LogP contribution in [0, 0.1) is 6.92 Å². The highest BCUT2D eigenvalue weighted by Crippen LogP contribution is 2.31. The molecule has 0 aliphatic carbocycles. The maximum absolute atomic E-state index is 12.5. The predicted octanol–water partition coefficient (Wildman–Crippen LogP) is 2.54. The van der Waals surface area contributed by atoms with Gasteiger partial charge in [-0.05, 0) is 54.9 Å². The summed E-state index contributed by atoms with van der Waals surface area (Å²) in [5.74, 6) is 0. The summed E-state index contributed by atoms with van der Waals surface area (Å²) < 4.78 is 27.3. The highest BCUT2D eigenvalue weighted by molar-refractivity contribution is 9.11. The molecule has 2 heterocycles. The van der Waals surface area contributed by atoms with Gasteiger partial charge >= 0.3 is 0 Å². The Morgan fingerprint density at radius 2 is 2.05 bits per heavy atom. The zero-order valence-electron chi connectivity index (χ0n) is 11.2. The average Bonchev–Trinajstić information content (AvgIpc) is 2.95. The van der Waals surface area contributed by atoms with Crippen LogP contribution in [0.5, 0.6) is 0 Å². The Bertz CT molecular complexity index is 536. The zero-order chi connectivity index (χ0) is 14.0.